The van der Waals surface area contributed by atoms with Crippen LogP contribution in [0.25, 0.3) is 10.2 Å². The van der Waals surface area contributed by atoms with Gasteiger partial charge in [0.25, 0.3) is 5.56 Å². The van der Waals surface area contributed by atoms with Crippen molar-refractivity contribution in [1.29, 1.82) is 0 Å². The van der Waals surface area contributed by atoms with Crippen LogP contribution in [0.5, 0.6) is 0 Å². The summed E-state index contributed by atoms with van der Waals surface area (Å²) in [7, 11) is 0. The zero-order valence-electron chi connectivity index (χ0n) is 15.4. The Kier molecular flexibility index (Phi) is 5.73. The molecule has 9 heteroatoms. The monoisotopic (exact) mass is 412 g/mol. The van der Waals surface area contributed by atoms with Crippen LogP contribution in [-0.4, -0.2) is 37.2 Å². The summed E-state index contributed by atoms with van der Waals surface area (Å²) in [6.07, 6.45) is 3.84. The van der Waals surface area contributed by atoms with E-state index in [2.05, 4.69) is 30.2 Å². The Bertz CT molecular complexity index is 1100. The van der Waals surface area contributed by atoms with Crippen LogP contribution in [0.15, 0.2) is 41.6 Å². The molecule has 0 aliphatic rings. The molecule has 0 unspecified atom stereocenters. The van der Waals surface area contributed by atoms with Crippen LogP contribution < -0.4 is 10.9 Å². The van der Waals surface area contributed by atoms with Crippen molar-refractivity contribution in [2.24, 2.45) is 0 Å². The smallest absolute Gasteiger partial charge is 0.255 e. The lowest BCUT2D eigenvalue weighted by molar-refractivity contribution is 1.00. The number of hydrogen-bond donors (Lipinski definition) is 3. The van der Waals surface area contributed by atoms with E-state index in [1.165, 1.54) is 0 Å². The Morgan fingerprint density at radius 2 is 2.14 bits per heavy atom. The third-order valence-electron chi connectivity index (χ3n) is 4.26. The van der Waals surface area contributed by atoms with Gasteiger partial charge in [-0.15, -0.1) is 11.3 Å². The van der Waals surface area contributed by atoms with Crippen LogP contribution in [0.4, 0.5) is 5.95 Å². The van der Waals surface area contributed by atoms with Gasteiger partial charge in [0.2, 0.25) is 5.95 Å². The van der Waals surface area contributed by atoms with Gasteiger partial charge < -0.3 is 10.3 Å². The van der Waals surface area contributed by atoms with Crippen LogP contribution in [0.3, 0.4) is 0 Å². The number of imidazole rings is 1. The third kappa shape index (κ3) is 4.42. The molecule has 0 radical (unpaired) electrons. The molecule has 0 aliphatic heterocycles. The predicted octanol–water partition coefficient (Wildman–Crippen LogP) is 3.35. The number of aromatic amines is 2. The first-order valence-electron chi connectivity index (χ1n) is 8.92. The van der Waals surface area contributed by atoms with Crippen molar-refractivity contribution in [3.63, 3.8) is 0 Å². The Hall–Kier alpha value is -2.65. The zero-order valence-corrected chi connectivity index (χ0v) is 17.0. The van der Waals surface area contributed by atoms with E-state index in [1.54, 1.807) is 35.6 Å². The van der Waals surface area contributed by atoms with E-state index in [0.29, 0.717) is 24.5 Å². The molecule has 0 fully saturated rings. The van der Waals surface area contributed by atoms with Gasteiger partial charge in [-0.2, -0.15) is 11.8 Å². The standard InChI is InChI=1S/C19H20N6OS2/c1-12-15(23-11-22-12)10-27-7-6-20-19-21-9-13(18(26)25-19)8-17-24-14-4-2-3-5-16(14)28-17/h2-5,9,11H,6-8,10H2,1H3,(H,22,23)(H2,20,21,25,26). The van der Waals surface area contributed by atoms with E-state index in [1.807, 2.05) is 31.2 Å². The van der Waals surface area contributed by atoms with Crippen molar-refractivity contribution < 1.29 is 0 Å². The average molecular weight is 413 g/mol. The van der Waals surface area contributed by atoms with Gasteiger partial charge in [0.1, 0.15) is 0 Å². The number of anilines is 1. The summed E-state index contributed by atoms with van der Waals surface area (Å²) in [5.41, 5.74) is 3.64. The van der Waals surface area contributed by atoms with Crippen LogP contribution in [0.2, 0.25) is 0 Å². The quantitative estimate of drug-likeness (QED) is 0.384. The van der Waals surface area contributed by atoms with E-state index in [-0.39, 0.29) is 5.56 Å². The van der Waals surface area contributed by atoms with E-state index in [0.717, 1.165) is 38.1 Å². The summed E-state index contributed by atoms with van der Waals surface area (Å²) in [6, 6.07) is 7.98. The lowest BCUT2D eigenvalue weighted by Crippen LogP contribution is -2.18. The fourth-order valence-corrected chi connectivity index (χ4v) is 4.60. The molecule has 0 atom stereocenters. The SMILES string of the molecule is Cc1[nH]cnc1CSCCNc1ncc(Cc2nc3ccccc3s2)c(=O)[nH]1. The fraction of sp³-hybridized carbons (Fsp3) is 0.263. The van der Waals surface area contributed by atoms with E-state index < -0.39 is 0 Å². The van der Waals surface area contributed by atoms with Crippen molar-refractivity contribution in [3.05, 3.63) is 69.1 Å². The lowest BCUT2D eigenvalue weighted by atomic mass is 10.2. The number of nitrogens with zero attached hydrogens (tertiary/aromatic N) is 3. The normalized spacial score (nSPS) is 11.2. The Morgan fingerprint density at radius 3 is 2.93 bits per heavy atom. The largest absolute Gasteiger partial charge is 0.355 e. The highest BCUT2D eigenvalue weighted by Gasteiger charge is 2.08. The van der Waals surface area contributed by atoms with Gasteiger partial charge in [-0.25, -0.2) is 15.0 Å². The number of hydrogen-bond acceptors (Lipinski definition) is 7. The summed E-state index contributed by atoms with van der Waals surface area (Å²) >= 11 is 3.39. The van der Waals surface area contributed by atoms with Gasteiger partial charge in [-0.05, 0) is 19.1 Å². The molecule has 4 rings (SSSR count). The summed E-state index contributed by atoms with van der Waals surface area (Å²) in [6.45, 7) is 2.74. The first-order chi connectivity index (χ1) is 13.7. The highest BCUT2D eigenvalue weighted by atomic mass is 32.2. The Balaban J connectivity index is 1.30. The summed E-state index contributed by atoms with van der Waals surface area (Å²) in [5, 5.41) is 4.08. The molecule has 0 bridgehead atoms. The minimum atomic E-state index is -0.128. The van der Waals surface area contributed by atoms with E-state index in [9.17, 15) is 4.79 Å². The second-order valence-corrected chi connectivity index (χ2v) is 8.51. The molecule has 28 heavy (non-hydrogen) atoms. The van der Waals surface area contributed by atoms with Gasteiger partial charge in [-0.1, -0.05) is 12.1 Å². The molecular weight excluding hydrogens is 392 g/mol. The third-order valence-corrected chi connectivity index (χ3v) is 6.27. The second kappa shape index (κ2) is 8.57. The number of thiazole rings is 1. The van der Waals surface area contributed by atoms with Crippen LogP contribution in [-0.2, 0) is 12.2 Å². The number of rotatable bonds is 8. The minimum Gasteiger partial charge on any atom is -0.355 e. The molecule has 3 N–H and O–H groups in total. The number of nitrogens with one attached hydrogen (secondary N) is 3. The summed E-state index contributed by atoms with van der Waals surface area (Å²) in [4.78, 5) is 31.5. The molecule has 3 heterocycles. The van der Waals surface area contributed by atoms with Gasteiger partial charge in [-0.3, -0.25) is 9.78 Å². The fourth-order valence-electron chi connectivity index (χ4n) is 2.74. The van der Waals surface area contributed by atoms with Gasteiger partial charge in [0, 0.05) is 41.9 Å². The van der Waals surface area contributed by atoms with Crippen molar-refractivity contribution in [2.75, 3.05) is 17.6 Å². The zero-order chi connectivity index (χ0) is 19.3. The molecule has 0 saturated heterocycles. The maximum Gasteiger partial charge on any atom is 0.255 e. The molecule has 0 spiro atoms. The second-order valence-electron chi connectivity index (χ2n) is 6.29. The maximum atomic E-state index is 12.4. The molecule has 144 valence electrons. The number of benzene rings is 1. The first-order valence-corrected chi connectivity index (χ1v) is 10.9. The highest BCUT2D eigenvalue weighted by Crippen LogP contribution is 2.22. The van der Waals surface area contributed by atoms with E-state index in [4.69, 9.17) is 0 Å². The highest BCUT2D eigenvalue weighted by molar-refractivity contribution is 7.98. The van der Waals surface area contributed by atoms with Crippen molar-refractivity contribution >= 4 is 39.3 Å². The van der Waals surface area contributed by atoms with Crippen LogP contribution in [0, 0.1) is 6.92 Å². The summed E-state index contributed by atoms with van der Waals surface area (Å²) < 4.78 is 1.13. The summed E-state index contributed by atoms with van der Waals surface area (Å²) in [5.74, 6) is 2.25. The molecule has 1 aromatic carbocycles. The number of fused-ring (bicyclic) bond motifs is 1. The average Bonchev–Trinajstić information content (AvgIpc) is 3.29. The number of H-pyrrole nitrogens is 2. The molecule has 0 amide bonds. The Labute approximate surface area is 170 Å². The molecule has 3 aromatic heterocycles. The van der Waals surface area contributed by atoms with E-state index >= 15 is 0 Å². The van der Waals surface area contributed by atoms with Crippen LogP contribution >= 0.6 is 23.1 Å². The predicted molar refractivity (Wildman–Crippen MR) is 115 cm³/mol. The van der Waals surface area contributed by atoms with Crippen molar-refractivity contribution in [3.8, 4) is 0 Å². The maximum absolute atomic E-state index is 12.4. The first kappa shape index (κ1) is 18.7. The molecule has 4 aromatic rings. The van der Waals surface area contributed by atoms with Crippen molar-refractivity contribution in [1.82, 2.24) is 24.9 Å². The number of aromatic nitrogens is 5. The number of aryl methyl sites for hydroxylation is 1. The topological polar surface area (TPSA) is 99.3 Å². The lowest BCUT2D eigenvalue weighted by Gasteiger charge is -2.06. The molecule has 0 aliphatic carbocycles. The molecule has 7 nitrogen and oxygen atoms in total. The number of para-hydroxylation sites is 1. The van der Waals surface area contributed by atoms with Gasteiger partial charge in [0.05, 0.1) is 27.2 Å². The number of thioether (sulfide) groups is 1. The van der Waals surface area contributed by atoms with Gasteiger partial charge >= 0.3 is 0 Å². The Morgan fingerprint density at radius 1 is 1.25 bits per heavy atom. The molecular formula is C19H20N6OS2. The van der Waals surface area contributed by atoms with Crippen molar-refractivity contribution in [2.45, 2.75) is 19.1 Å². The van der Waals surface area contributed by atoms with Crippen LogP contribution in [0.1, 0.15) is 22.0 Å². The molecule has 0 saturated carbocycles. The van der Waals surface area contributed by atoms with Gasteiger partial charge in [0.15, 0.2) is 0 Å². The minimum absolute atomic E-state index is 0.128.